The standard InChI is InChI=1S/C17H27N3O3/c1-5-8-23-13-6-7-14(12(4)9-13)20-15(21)10-19-17(22)16(18)11(2)3/h6-7,9,11,16H,5,8,10,18H2,1-4H3,(H,19,22)(H,20,21)/t16-/m0/s1. The number of carbonyl (C=O) groups excluding carboxylic acids is 2. The van der Waals surface area contributed by atoms with E-state index >= 15 is 0 Å². The van der Waals surface area contributed by atoms with Gasteiger partial charge in [-0.3, -0.25) is 9.59 Å². The van der Waals surface area contributed by atoms with Gasteiger partial charge < -0.3 is 21.1 Å². The van der Waals surface area contributed by atoms with Crippen molar-refractivity contribution in [2.24, 2.45) is 11.7 Å². The van der Waals surface area contributed by atoms with E-state index in [9.17, 15) is 9.59 Å². The van der Waals surface area contributed by atoms with Crippen molar-refractivity contribution in [1.29, 1.82) is 0 Å². The third-order valence-electron chi connectivity index (χ3n) is 3.39. The number of amides is 2. The summed E-state index contributed by atoms with van der Waals surface area (Å²) in [6.45, 7) is 8.20. The first-order valence-electron chi connectivity index (χ1n) is 7.91. The minimum atomic E-state index is -0.612. The van der Waals surface area contributed by atoms with Gasteiger partial charge in [-0.2, -0.15) is 0 Å². The van der Waals surface area contributed by atoms with Gasteiger partial charge in [-0.05, 0) is 43.0 Å². The third-order valence-corrected chi connectivity index (χ3v) is 3.39. The van der Waals surface area contributed by atoms with E-state index in [2.05, 4.69) is 10.6 Å². The van der Waals surface area contributed by atoms with Gasteiger partial charge in [-0.1, -0.05) is 20.8 Å². The molecule has 0 heterocycles. The fourth-order valence-electron chi connectivity index (χ4n) is 1.87. The molecule has 0 fully saturated rings. The molecule has 6 heteroatoms. The van der Waals surface area contributed by atoms with Gasteiger partial charge in [-0.15, -0.1) is 0 Å². The zero-order valence-electron chi connectivity index (χ0n) is 14.3. The van der Waals surface area contributed by atoms with Crippen LogP contribution >= 0.6 is 0 Å². The summed E-state index contributed by atoms with van der Waals surface area (Å²) in [5, 5.41) is 5.31. The van der Waals surface area contributed by atoms with Crippen molar-refractivity contribution in [3.05, 3.63) is 23.8 Å². The molecule has 0 spiro atoms. The van der Waals surface area contributed by atoms with Crippen LogP contribution in [-0.2, 0) is 9.59 Å². The van der Waals surface area contributed by atoms with Crippen molar-refractivity contribution in [2.45, 2.75) is 40.2 Å². The number of carbonyl (C=O) groups is 2. The highest BCUT2D eigenvalue weighted by molar-refractivity contribution is 5.95. The van der Waals surface area contributed by atoms with Gasteiger partial charge in [0.15, 0.2) is 0 Å². The lowest BCUT2D eigenvalue weighted by Gasteiger charge is -2.15. The minimum Gasteiger partial charge on any atom is -0.494 e. The summed E-state index contributed by atoms with van der Waals surface area (Å²) in [5.74, 6) is 0.185. The number of ether oxygens (including phenoxy) is 1. The fraction of sp³-hybridized carbons (Fsp3) is 0.529. The molecule has 0 saturated carbocycles. The molecule has 1 atom stereocenters. The molecule has 0 radical (unpaired) electrons. The monoisotopic (exact) mass is 321 g/mol. The highest BCUT2D eigenvalue weighted by Gasteiger charge is 2.17. The van der Waals surface area contributed by atoms with Crippen molar-refractivity contribution in [2.75, 3.05) is 18.5 Å². The Bertz CT molecular complexity index is 544. The minimum absolute atomic E-state index is 0.0240. The highest BCUT2D eigenvalue weighted by Crippen LogP contribution is 2.21. The van der Waals surface area contributed by atoms with Gasteiger partial charge in [0.1, 0.15) is 5.75 Å². The summed E-state index contributed by atoms with van der Waals surface area (Å²) < 4.78 is 5.54. The Morgan fingerprint density at radius 3 is 2.57 bits per heavy atom. The zero-order valence-corrected chi connectivity index (χ0v) is 14.3. The Kier molecular flexibility index (Phi) is 7.54. The van der Waals surface area contributed by atoms with E-state index in [1.54, 1.807) is 6.07 Å². The van der Waals surface area contributed by atoms with Crippen LogP contribution in [0.4, 0.5) is 5.69 Å². The molecule has 0 aromatic heterocycles. The fourth-order valence-corrected chi connectivity index (χ4v) is 1.87. The number of nitrogens with one attached hydrogen (secondary N) is 2. The van der Waals surface area contributed by atoms with Crippen LogP contribution in [0.25, 0.3) is 0 Å². The smallest absolute Gasteiger partial charge is 0.243 e. The Balaban J connectivity index is 2.52. The molecule has 2 amide bonds. The second-order valence-electron chi connectivity index (χ2n) is 5.86. The van der Waals surface area contributed by atoms with Crippen LogP contribution in [0.3, 0.4) is 0 Å². The van der Waals surface area contributed by atoms with Crippen LogP contribution in [0, 0.1) is 12.8 Å². The quantitative estimate of drug-likeness (QED) is 0.681. The molecule has 1 rings (SSSR count). The molecule has 0 saturated heterocycles. The second kappa shape index (κ2) is 9.15. The van der Waals surface area contributed by atoms with Gasteiger partial charge in [0.2, 0.25) is 11.8 Å². The first kappa shape index (κ1) is 19.0. The topological polar surface area (TPSA) is 93.5 Å². The predicted octanol–water partition coefficient (Wildman–Crippen LogP) is 1.82. The Morgan fingerprint density at radius 1 is 1.30 bits per heavy atom. The summed E-state index contributed by atoms with van der Waals surface area (Å²) in [7, 11) is 0. The lowest BCUT2D eigenvalue weighted by Crippen LogP contribution is -2.46. The Labute approximate surface area is 137 Å². The summed E-state index contributed by atoms with van der Waals surface area (Å²) in [5.41, 5.74) is 7.32. The normalized spacial score (nSPS) is 11.9. The number of benzene rings is 1. The number of aryl methyl sites for hydroxylation is 1. The third kappa shape index (κ3) is 6.28. The van der Waals surface area contributed by atoms with Gasteiger partial charge in [-0.25, -0.2) is 0 Å². The second-order valence-corrected chi connectivity index (χ2v) is 5.86. The molecule has 0 aliphatic rings. The number of hydrogen-bond donors (Lipinski definition) is 3. The first-order chi connectivity index (χ1) is 10.8. The molecule has 0 aliphatic carbocycles. The predicted molar refractivity (Wildman–Crippen MR) is 91.4 cm³/mol. The van der Waals surface area contributed by atoms with E-state index in [4.69, 9.17) is 10.5 Å². The maximum atomic E-state index is 11.9. The van der Waals surface area contributed by atoms with Crippen LogP contribution in [-0.4, -0.2) is 31.0 Å². The van der Waals surface area contributed by atoms with Crippen LogP contribution in [0.5, 0.6) is 5.75 Å². The molecule has 1 aromatic rings. The summed E-state index contributed by atoms with van der Waals surface area (Å²) in [6.07, 6.45) is 0.940. The van der Waals surface area contributed by atoms with E-state index in [0.29, 0.717) is 12.3 Å². The summed E-state index contributed by atoms with van der Waals surface area (Å²) >= 11 is 0. The van der Waals surface area contributed by atoms with E-state index < -0.39 is 6.04 Å². The molecular weight excluding hydrogens is 294 g/mol. The number of nitrogens with two attached hydrogens (primary N) is 1. The van der Waals surface area contributed by atoms with Crippen molar-refractivity contribution >= 4 is 17.5 Å². The van der Waals surface area contributed by atoms with Crippen LogP contribution < -0.4 is 21.1 Å². The van der Waals surface area contributed by atoms with Crippen LogP contribution in [0.15, 0.2) is 18.2 Å². The Hall–Kier alpha value is -2.08. The van der Waals surface area contributed by atoms with Crippen molar-refractivity contribution < 1.29 is 14.3 Å². The average Bonchev–Trinajstić information content (AvgIpc) is 2.52. The molecule has 0 unspecified atom stereocenters. The number of hydrogen-bond acceptors (Lipinski definition) is 4. The van der Waals surface area contributed by atoms with Gasteiger partial charge in [0, 0.05) is 5.69 Å². The molecule has 23 heavy (non-hydrogen) atoms. The number of anilines is 1. The molecule has 0 aliphatic heterocycles. The Morgan fingerprint density at radius 2 is 2.00 bits per heavy atom. The van der Waals surface area contributed by atoms with E-state index in [1.165, 1.54) is 0 Å². The van der Waals surface area contributed by atoms with Crippen molar-refractivity contribution in [1.82, 2.24) is 5.32 Å². The number of rotatable bonds is 8. The lowest BCUT2D eigenvalue weighted by atomic mass is 10.1. The summed E-state index contributed by atoms with van der Waals surface area (Å²) in [4.78, 5) is 23.6. The van der Waals surface area contributed by atoms with Crippen molar-refractivity contribution in [3.63, 3.8) is 0 Å². The van der Waals surface area contributed by atoms with Crippen molar-refractivity contribution in [3.8, 4) is 5.75 Å². The lowest BCUT2D eigenvalue weighted by molar-refractivity contribution is -0.125. The maximum absolute atomic E-state index is 11.9. The SMILES string of the molecule is CCCOc1ccc(NC(=O)CNC(=O)[C@@H](N)C(C)C)c(C)c1. The molecule has 4 N–H and O–H groups in total. The molecule has 0 bridgehead atoms. The highest BCUT2D eigenvalue weighted by atomic mass is 16.5. The molecule has 128 valence electrons. The summed E-state index contributed by atoms with van der Waals surface area (Å²) in [6, 6.07) is 4.86. The maximum Gasteiger partial charge on any atom is 0.243 e. The van der Waals surface area contributed by atoms with Crippen LogP contribution in [0.1, 0.15) is 32.8 Å². The van der Waals surface area contributed by atoms with Crippen LogP contribution in [0.2, 0.25) is 0 Å². The average molecular weight is 321 g/mol. The van der Waals surface area contributed by atoms with Gasteiger partial charge >= 0.3 is 0 Å². The van der Waals surface area contributed by atoms with Gasteiger partial charge in [0.25, 0.3) is 0 Å². The zero-order chi connectivity index (χ0) is 17.4. The first-order valence-corrected chi connectivity index (χ1v) is 7.91. The van der Waals surface area contributed by atoms with Gasteiger partial charge in [0.05, 0.1) is 19.2 Å². The van der Waals surface area contributed by atoms with E-state index in [1.807, 2.05) is 39.8 Å². The molecular formula is C17H27N3O3. The molecule has 6 nitrogen and oxygen atoms in total. The van der Waals surface area contributed by atoms with E-state index in [-0.39, 0.29) is 24.3 Å². The largest absolute Gasteiger partial charge is 0.494 e. The molecule has 1 aromatic carbocycles. The van der Waals surface area contributed by atoms with E-state index in [0.717, 1.165) is 17.7 Å².